The van der Waals surface area contributed by atoms with Crippen LogP contribution in [0.5, 0.6) is 17.2 Å². The van der Waals surface area contributed by atoms with Gasteiger partial charge in [0.2, 0.25) is 0 Å². The average molecular weight is 470 g/mol. The molecule has 0 fully saturated rings. The van der Waals surface area contributed by atoms with Crippen molar-refractivity contribution in [2.45, 2.75) is 32.0 Å². The molecular formula is C24H27N3O5S. The van der Waals surface area contributed by atoms with Crippen LogP contribution in [0.25, 0.3) is 17.5 Å². The predicted molar refractivity (Wildman–Crippen MR) is 128 cm³/mol. The van der Waals surface area contributed by atoms with Gasteiger partial charge in [-0.3, -0.25) is 0 Å². The highest BCUT2D eigenvalue weighted by Crippen LogP contribution is 2.33. The number of nitrogens with zero attached hydrogens (tertiary/aromatic N) is 3. The van der Waals surface area contributed by atoms with Gasteiger partial charge in [0.15, 0.2) is 11.0 Å². The van der Waals surface area contributed by atoms with Crippen LogP contribution in [-0.4, -0.2) is 46.7 Å². The predicted octanol–water partition coefficient (Wildman–Crippen LogP) is 4.99. The number of carboxylic acid groups (broad SMARTS) is 1. The van der Waals surface area contributed by atoms with Crippen LogP contribution in [0.3, 0.4) is 0 Å². The first-order valence-electron chi connectivity index (χ1n) is 10.5. The molecule has 3 aromatic rings. The summed E-state index contributed by atoms with van der Waals surface area (Å²) >= 11 is 1.05. The summed E-state index contributed by atoms with van der Waals surface area (Å²) in [6, 6.07) is 12.8. The molecule has 1 N–H and O–H groups in total. The van der Waals surface area contributed by atoms with Gasteiger partial charge in [-0.05, 0) is 61.0 Å². The fraction of sp³-hybridized carbons (Fsp3) is 0.292. The lowest BCUT2D eigenvalue weighted by Gasteiger charge is -2.10. The minimum atomic E-state index is -1.04. The maximum absolute atomic E-state index is 12.0. The quantitative estimate of drug-likeness (QED) is 0.310. The molecule has 0 aliphatic rings. The van der Waals surface area contributed by atoms with Crippen molar-refractivity contribution in [3.05, 3.63) is 52.9 Å². The summed E-state index contributed by atoms with van der Waals surface area (Å²) in [5, 5.41) is 18.8. The zero-order chi connectivity index (χ0) is 23.8. The van der Waals surface area contributed by atoms with E-state index in [0.717, 1.165) is 35.1 Å². The molecule has 33 heavy (non-hydrogen) atoms. The standard InChI is InChI=1S/C24H27N3O5S/c1-5-11-32-18-9-7-16(8-10-18)12-21(23(28)29)33-24-26-25-22(27(24)6-2)17-13-19(30-3)15-20(14-17)31-4/h7-10,12-15H,5-6,11H2,1-4H3,(H,28,29)/b21-12+. The zero-order valence-corrected chi connectivity index (χ0v) is 19.9. The van der Waals surface area contributed by atoms with Gasteiger partial charge in [0.25, 0.3) is 0 Å². The molecule has 9 heteroatoms. The number of methoxy groups -OCH3 is 2. The monoisotopic (exact) mass is 469 g/mol. The van der Waals surface area contributed by atoms with Crippen LogP contribution >= 0.6 is 11.8 Å². The molecule has 0 radical (unpaired) electrons. The SMILES string of the molecule is CCCOc1ccc(/C=C(/Sc2nnc(-c3cc(OC)cc(OC)c3)n2CC)C(=O)O)cc1. The van der Waals surface area contributed by atoms with Gasteiger partial charge in [0.05, 0.1) is 20.8 Å². The summed E-state index contributed by atoms with van der Waals surface area (Å²) < 4.78 is 18.1. The normalized spacial score (nSPS) is 11.3. The van der Waals surface area contributed by atoms with Gasteiger partial charge in [-0.2, -0.15) is 0 Å². The van der Waals surface area contributed by atoms with Crippen molar-refractivity contribution in [3.63, 3.8) is 0 Å². The summed E-state index contributed by atoms with van der Waals surface area (Å²) in [6.07, 6.45) is 2.53. The summed E-state index contributed by atoms with van der Waals surface area (Å²) in [5.74, 6) is 1.56. The lowest BCUT2D eigenvalue weighted by atomic mass is 10.2. The van der Waals surface area contributed by atoms with E-state index in [9.17, 15) is 9.90 Å². The highest BCUT2D eigenvalue weighted by molar-refractivity contribution is 8.04. The van der Waals surface area contributed by atoms with Crippen molar-refractivity contribution < 1.29 is 24.1 Å². The third-order valence-electron chi connectivity index (χ3n) is 4.71. The van der Waals surface area contributed by atoms with E-state index in [1.807, 2.05) is 54.8 Å². The summed E-state index contributed by atoms with van der Waals surface area (Å²) in [5.41, 5.74) is 1.51. The molecule has 0 bridgehead atoms. The lowest BCUT2D eigenvalue weighted by Crippen LogP contribution is -2.03. The number of thioether (sulfide) groups is 1. The molecule has 2 aromatic carbocycles. The first kappa shape index (κ1) is 24.2. The van der Waals surface area contributed by atoms with E-state index < -0.39 is 5.97 Å². The molecule has 0 aliphatic heterocycles. The second-order valence-electron chi connectivity index (χ2n) is 6.99. The molecule has 174 valence electrons. The molecule has 0 unspecified atom stereocenters. The number of ether oxygens (including phenoxy) is 3. The highest BCUT2D eigenvalue weighted by atomic mass is 32.2. The Hall–Kier alpha value is -3.46. The Balaban J connectivity index is 1.91. The van der Waals surface area contributed by atoms with Crippen LogP contribution in [0.2, 0.25) is 0 Å². The Morgan fingerprint density at radius 2 is 1.70 bits per heavy atom. The first-order chi connectivity index (χ1) is 16.0. The number of hydrogen-bond acceptors (Lipinski definition) is 7. The number of aliphatic carboxylic acids is 1. The molecule has 0 amide bonds. The van der Waals surface area contributed by atoms with E-state index in [2.05, 4.69) is 10.2 Å². The van der Waals surface area contributed by atoms with E-state index in [1.165, 1.54) is 0 Å². The third kappa shape index (κ3) is 6.07. The van der Waals surface area contributed by atoms with Gasteiger partial charge in [-0.25, -0.2) is 4.79 Å². The topological polar surface area (TPSA) is 95.7 Å². The molecule has 0 aliphatic carbocycles. The zero-order valence-electron chi connectivity index (χ0n) is 19.1. The Kier molecular flexibility index (Phi) is 8.37. The molecular weight excluding hydrogens is 442 g/mol. The van der Waals surface area contributed by atoms with Gasteiger partial charge in [-0.15, -0.1) is 10.2 Å². The third-order valence-corrected chi connectivity index (χ3v) is 5.70. The van der Waals surface area contributed by atoms with Crippen LogP contribution in [0, 0.1) is 0 Å². The van der Waals surface area contributed by atoms with Crippen LogP contribution in [0.1, 0.15) is 25.8 Å². The van der Waals surface area contributed by atoms with Crippen molar-refractivity contribution in [3.8, 4) is 28.6 Å². The second kappa shape index (κ2) is 11.4. The average Bonchev–Trinajstić information content (AvgIpc) is 3.25. The van der Waals surface area contributed by atoms with Crippen molar-refractivity contribution in [2.75, 3.05) is 20.8 Å². The van der Waals surface area contributed by atoms with E-state index >= 15 is 0 Å². The maximum atomic E-state index is 12.0. The summed E-state index contributed by atoms with van der Waals surface area (Å²) in [4.78, 5) is 12.1. The molecule has 0 spiro atoms. The Labute approximate surface area is 197 Å². The second-order valence-corrected chi connectivity index (χ2v) is 7.99. The number of hydrogen-bond donors (Lipinski definition) is 1. The number of rotatable bonds is 11. The van der Waals surface area contributed by atoms with E-state index in [4.69, 9.17) is 14.2 Å². The van der Waals surface area contributed by atoms with Crippen LogP contribution in [0.15, 0.2) is 52.5 Å². The van der Waals surface area contributed by atoms with E-state index in [1.54, 1.807) is 26.4 Å². The number of aromatic nitrogens is 3. The van der Waals surface area contributed by atoms with Gasteiger partial charge >= 0.3 is 5.97 Å². The van der Waals surface area contributed by atoms with Gasteiger partial charge in [0, 0.05) is 18.2 Å². The largest absolute Gasteiger partial charge is 0.497 e. The smallest absolute Gasteiger partial charge is 0.342 e. The van der Waals surface area contributed by atoms with Crippen molar-refractivity contribution in [1.82, 2.24) is 14.8 Å². The molecule has 1 aromatic heterocycles. The number of benzene rings is 2. The maximum Gasteiger partial charge on any atom is 0.342 e. The molecule has 8 nitrogen and oxygen atoms in total. The fourth-order valence-electron chi connectivity index (χ4n) is 3.06. The Morgan fingerprint density at radius 3 is 2.24 bits per heavy atom. The van der Waals surface area contributed by atoms with Crippen molar-refractivity contribution in [1.29, 1.82) is 0 Å². The molecule has 0 saturated heterocycles. The summed E-state index contributed by atoms with van der Waals surface area (Å²) in [6.45, 7) is 5.19. The number of carbonyl (C=O) groups is 1. The van der Waals surface area contributed by atoms with Crippen molar-refractivity contribution in [2.24, 2.45) is 0 Å². The highest BCUT2D eigenvalue weighted by Gasteiger charge is 2.19. The van der Waals surface area contributed by atoms with E-state index in [0.29, 0.717) is 35.6 Å². The molecule has 3 rings (SSSR count). The van der Waals surface area contributed by atoms with Crippen LogP contribution < -0.4 is 14.2 Å². The molecule has 1 heterocycles. The van der Waals surface area contributed by atoms with E-state index in [-0.39, 0.29) is 4.91 Å². The van der Waals surface area contributed by atoms with Gasteiger partial charge < -0.3 is 23.9 Å². The van der Waals surface area contributed by atoms with Crippen LogP contribution in [0.4, 0.5) is 0 Å². The fourth-order valence-corrected chi connectivity index (χ4v) is 3.95. The first-order valence-corrected chi connectivity index (χ1v) is 11.3. The summed E-state index contributed by atoms with van der Waals surface area (Å²) in [7, 11) is 3.16. The Bertz CT molecular complexity index is 1100. The van der Waals surface area contributed by atoms with Gasteiger partial charge in [-0.1, -0.05) is 19.1 Å². The van der Waals surface area contributed by atoms with Crippen molar-refractivity contribution >= 4 is 23.8 Å². The minimum absolute atomic E-state index is 0.133. The lowest BCUT2D eigenvalue weighted by molar-refractivity contribution is -0.131. The minimum Gasteiger partial charge on any atom is -0.497 e. The molecule has 0 atom stereocenters. The molecule has 0 saturated carbocycles. The Morgan fingerprint density at radius 1 is 1.03 bits per heavy atom. The van der Waals surface area contributed by atoms with Crippen LogP contribution in [-0.2, 0) is 11.3 Å². The van der Waals surface area contributed by atoms with Gasteiger partial charge in [0.1, 0.15) is 22.2 Å². The number of carboxylic acids is 1.